The molecule has 0 saturated heterocycles. The van der Waals surface area contributed by atoms with Crippen LogP contribution in [0.3, 0.4) is 0 Å². The molecule has 0 aromatic rings. The highest BCUT2D eigenvalue weighted by atomic mass is 16.6. The van der Waals surface area contributed by atoms with Crippen LogP contribution in [0.4, 0.5) is 0 Å². The van der Waals surface area contributed by atoms with E-state index >= 15 is 0 Å². The summed E-state index contributed by atoms with van der Waals surface area (Å²) in [4.78, 5) is 24.2. The van der Waals surface area contributed by atoms with Gasteiger partial charge in [0.05, 0.1) is 6.61 Å². The highest BCUT2D eigenvalue weighted by Gasteiger charge is 2.15. The average molecular weight is 717 g/mol. The maximum absolute atomic E-state index is 12.2. The predicted molar refractivity (Wildman–Crippen MR) is 223 cm³/mol. The molecule has 0 amide bonds. The topological polar surface area (TPSA) is 72.8 Å². The van der Waals surface area contributed by atoms with Gasteiger partial charge in [0.2, 0.25) is 0 Å². The van der Waals surface area contributed by atoms with Crippen LogP contribution in [0.5, 0.6) is 0 Å². The Hall–Kier alpha value is -3.70. The van der Waals surface area contributed by atoms with Gasteiger partial charge in [0.15, 0.2) is 6.10 Å². The summed E-state index contributed by atoms with van der Waals surface area (Å²) < 4.78 is 10.5. The van der Waals surface area contributed by atoms with Crippen LogP contribution in [0.15, 0.2) is 122 Å². The van der Waals surface area contributed by atoms with Gasteiger partial charge in [-0.2, -0.15) is 0 Å². The Balaban J connectivity index is 3.80. The molecule has 0 rings (SSSR count). The molecule has 0 spiro atoms. The van der Waals surface area contributed by atoms with Crippen molar-refractivity contribution in [2.24, 2.45) is 0 Å². The molecule has 0 bridgehead atoms. The molecule has 0 heterocycles. The first-order valence-electron chi connectivity index (χ1n) is 20.1. The normalized spacial score (nSPS) is 13.5. The number of rotatable bonds is 34. The first-order chi connectivity index (χ1) is 25.6. The van der Waals surface area contributed by atoms with E-state index in [1.165, 1.54) is 25.7 Å². The summed E-state index contributed by atoms with van der Waals surface area (Å²) in [6.07, 6.45) is 61.2. The molecule has 1 N–H and O–H groups in total. The van der Waals surface area contributed by atoms with Crippen LogP contribution < -0.4 is 0 Å². The Morgan fingerprint density at radius 1 is 0.462 bits per heavy atom. The van der Waals surface area contributed by atoms with Crippen molar-refractivity contribution in [3.63, 3.8) is 0 Å². The Labute approximate surface area is 318 Å². The predicted octanol–water partition coefficient (Wildman–Crippen LogP) is 12.8. The van der Waals surface area contributed by atoms with Crippen molar-refractivity contribution in [3.05, 3.63) is 122 Å². The Morgan fingerprint density at radius 2 is 0.865 bits per heavy atom. The van der Waals surface area contributed by atoms with Crippen LogP contribution in [0.2, 0.25) is 0 Å². The number of unbranched alkanes of at least 4 members (excludes halogenated alkanes) is 6. The van der Waals surface area contributed by atoms with Gasteiger partial charge in [0.1, 0.15) is 6.61 Å². The van der Waals surface area contributed by atoms with Gasteiger partial charge >= 0.3 is 11.9 Å². The maximum Gasteiger partial charge on any atom is 0.306 e. The van der Waals surface area contributed by atoms with Crippen molar-refractivity contribution in [1.82, 2.24) is 0 Å². The van der Waals surface area contributed by atoms with E-state index in [0.29, 0.717) is 12.8 Å². The molecule has 0 saturated carbocycles. The van der Waals surface area contributed by atoms with Crippen LogP contribution in [0, 0.1) is 0 Å². The van der Waals surface area contributed by atoms with Crippen LogP contribution in [-0.4, -0.2) is 36.4 Å². The molecule has 1 unspecified atom stereocenters. The van der Waals surface area contributed by atoms with Crippen LogP contribution in [0.25, 0.3) is 0 Å². The number of hydrogen-bond donors (Lipinski definition) is 1. The highest BCUT2D eigenvalue weighted by molar-refractivity contribution is 5.70. The van der Waals surface area contributed by atoms with Gasteiger partial charge in [0, 0.05) is 12.8 Å². The first-order valence-corrected chi connectivity index (χ1v) is 20.1. The van der Waals surface area contributed by atoms with Gasteiger partial charge in [-0.3, -0.25) is 9.59 Å². The highest BCUT2D eigenvalue weighted by Crippen LogP contribution is 2.08. The average Bonchev–Trinajstić information content (AvgIpc) is 3.15. The third-order valence-corrected chi connectivity index (χ3v) is 7.75. The van der Waals surface area contributed by atoms with Gasteiger partial charge in [0.25, 0.3) is 0 Å². The fraction of sp³-hybridized carbons (Fsp3) is 0.532. The molecule has 1 atom stereocenters. The van der Waals surface area contributed by atoms with E-state index in [9.17, 15) is 14.7 Å². The summed E-state index contributed by atoms with van der Waals surface area (Å²) in [5.41, 5.74) is 0. The number of aliphatic hydroxyl groups excluding tert-OH is 1. The molecule has 5 heteroatoms. The van der Waals surface area contributed by atoms with Crippen molar-refractivity contribution >= 4 is 11.9 Å². The zero-order valence-electron chi connectivity index (χ0n) is 32.8. The lowest BCUT2D eigenvalue weighted by Crippen LogP contribution is -2.28. The van der Waals surface area contributed by atoms with Crippen LogP contribution in [0.1, 0.15) is 142 Å². The minimum atomic E-state index is -0.828. The van der Waals surface area contributed by atoms with E-state index in [1.807, 2.05) is 12.2 Å². The lowest BCUT2D eigenvalue weighted by Gasteiger charge is -2.15. The second-order valence-corrected chi connectivity index (χ2v) is 12.6. The molecule has 5 nitrogen and oxygen atoms in total. The molecular formula is C47H72O5. The largest absolute Gasteiger partial charge is 0.462 e. The molecule has 0 radical (unpaired) electrons. The SMILES string of the molecule is CCC=CCC=CCC=CCC=CCC=CCCCCCC(=O)OC(CO)COC(=O)CCC=CCC=CCC=CCC=CCC=CCCCCC. The number of hydrogen-bond acceptors (Lipinski definition) is 5. The number of carbonyl (C=O) groups is 2. The van der Waals surface area contributed by atoms with Crippen LogP contribution in [-0.2, 0) is 19.1 Å². The summed E-state index contributed by atoms with van der Waals surface area (Å²) in [6.45, 7) is 3.87. The summed E-state index contributed by atoms with van der Waals surface area (Å²) in [6, 6.07) is 0. The minimum absolute atomic E-state index is 0.128. The number of ether oxygens (including phenoxy) is 2. The van der Waals surface area contributed by atoms with Crippen molar-refractivity contribution in [1.29, 1.82) is 0 Å². The second kappa shape index (κ2) is 41.7. The summed E-state index contributed by atoms with van der Waals surface area (Å²) in [7, 11) is 0. The number of aliphatic hydroxyl groups is 1. The number of esters is 2. The smallest absolute Gasteiger partial charge is 0.306 e. The second-order valence-electron chi connectivity index (χ2n) is 12.6. The van der Waals surface area contributed by atoms with E-state index < -0.39 is 6.10 Å². The van der Waals surface area contributed by atoms with Crippen molar-refractivity contribution < 1.29 is 24.2 Å². The molecule has 290 valence electrons. The van der Waals surface area contributed by atoms with Crippen molar-refractivity contribution in [2.75, 3.05) is 13.2 Å². The zero-order chi connectivity index (χ0) is 37.8. The monoisotopic (exact) mass is 717 g/mol. The standard InChI is InChI=1S/C47H72O5/c1-3-5-7-9-11-13-15-17-19-21-23-25-27-29-31-33-35-37-39-41-46(49)51-44-45(43-48)52-47(50)42-40-38-36-34-32-30-28-26-24-22-20-18-16-14-12-10-8-6-4-2/h6,8,11-14,17-20,23-26,29-32,35,37,45,48H,3-5,7,9-10,15-16,21-22,27-28,33-34,36,38-44H2,1-2H3. The van der Waals surface area contributed by atoms with E-state index in [1.54, 1.807) is 0 Å². The molecule has 0 aliphatic heterocycles. The lowest BCUT2D eigenvalue weighted by molar-refractivity contribution is -0.161. The Morgan fingerprint density at radius 3 is 1.29 bits per heavy atom. The number of allylic oxidation sites excluding steroid dienone is 20. The summed E-state index contributed by atoms with van der Waals surface area (Å²) >= 11 is 0. The van der Waals surface area contributed by atoms with Gasteiger partial charge in [-0.15, -0.1) is 0 Å². The molecule has 0 aliphatic rings. The number of carbonyl (C=O) groups excluding carboxylic acids is 2. The molecule has 0 aromatic heterocycles. The summed E-state index contributed by atoms with van der Waals surface area (Å²) in [5, 5.41) is 9.55. The fourth-order valence-corrected chi connectivity index (χ4v) is 4.74. The van der Waals surface area contributed by atoms with E-state index in [-0.39, 0.29) is 31.6 Å². The quantitative estimate of drug-likeness (QED) is 0.0408. The fourth-order valence-electron chi connectivity index (χ4n) is 4.74. The van der Waals surface area contributed by atoms with Crippen molar-refractivity contribution in [2.45, 2.75) is 148 Å². The Bertz CT molecular complexity index is 1130. The zero-order valence-corrected chi connectivity index (χ0v) is 32.8. The molecule has 52 heavy (non-hydrogen) atoms. The minimum Gasteiger partial charge on any atom is -0.462 e. The van der Waals surface area contributed by atoms with Gasteiger partial charge in [-0.05, 0) is 96.3 Å². The molecule has 0 aliphatic carbocycles. The van der Waals surface area contributed by atoms with E-state index in [0.717, 1.165) is 83.5 Å². The van der Waals surface area contributed by atoms with Crippen LogP contribution >= 0.6 is 0 Å². The Kier molecular flexibility index (Phi) is 38.8. The third kappa shape index (κ3) is 39.1. The van der Waals surface area contributed by atoms with E-state index in [2.05, 4.69) is 123 Å². The maximum atomic E-state index is 12.2. The lowest BCUT2D eigenvalue weighted by atomic mass is 10.1. The third-order valence-electron chi connectivity index (χ3n) is 7.75. The molecule has 0 aromatic carbocycles. The summed E-state index contributed by atoms with van der Waals surface area (Å²) in [5.74, 6) is -0.739. The van der Waals surface area contributed by atoms with E-state index in [4.69, 9.17) is 9.47 Å². The van der Waals surface area contributed by atoms with Gasteiger partial charge in [-0.1, -0.05) is 155 Å². The van der Waals surface area contributed by atoms with Gasteiger partial charge in [-0.25, -0.2) is 0 Å². The van der Waals surface area contributed by atoms with Crippen molar-refractivity contribution in [3.8, 4) is 0 Å². The first kappa shape index (κ1) is 48.3. The molecule has 0 fully saturated rings. The van der Waals surface area contributed by atoms with Gasteiger partial charge < -0.3 is 14.6 Å². The molecular weight excluding hydrogens is 645 g/mol.